The Morgan fingerprint density at radius 3 is 2.19 bits per heavy atom. The van der Waals surface area contributed by atoms with Crippen LogP contribution in [0.15, 0.2) is 54.6 Å². The topological polar surface area (TPSA) is 43.6 Å². The predicted molar refractivity (Wildman–Crippen MR) is 114 cm³/mol. The molecule has 26 heavy (non-hydrogen) atoms. The van der Waals surface area contributed by atoms with E-state index in [-0.39, 0.29) is 6.04 Å². The molecule has 130 valence electrons. The second-order valence-corrected chi connectivity index (χ2v) is 7.94. The van der Waals surface area contributed by atoms with Gasteiger partial charge in [-0.1, -0.05) is 54.1 Å². The summed E-state index contributed by atoms with van der Waals surface area (Å²) in [4.78, 5) is 0. The second kappa shape index (κ2) is 6.96. The molecule has 0 N–H and O–H groups in total. The first-order valence-electron chi connectivity index (χ1n) is 8.32. The first kappa shape index (κ1) is 17.4. The Labute approximate surface area is 170 Å². The average Bonchev–Trinajstić information content (AvgIpc) is 3.04. The van der Waals surface area contributed by atoms with E-state index in [1.165, 1.54) is 3.57 Å². The van der Waals surface area contributed by atoms with E-state index in [9.17, 15) is 0 Å². The van der Waals surface area contributed by atoms with Gasteiger partial charge in [-0.3, -0.25) is 0 Å². The van der Waals surface area contributed by atoms with Gasteiger partial charge in [-0.15, -0.1) is 10.2 Å². The van der Waals surface area contributed by atoms with E-state index in [4.69, 9.17) is 16.7 Å². The molecule has 2 heterocycles. The molecular formula is C20H16ClIN4. The first-order chi connectivity index (χ1) is 12.6. The van der Waals surface area contributed by atoms with Gasteiger partial charge in [0.25, 0.3) is 0 Å². The third-order valence-electron chi connectivity index (χ3n) is 4.21. The average molecular weight is 475 g/mol. The van der Waals surface area contributed by atoms with Crippen molar-refractivity contribution in [3.8, 4) is 22.5 Å². The summed E-state index contributed by atoms with van der Waals surface area (Å²) in [5.74, 6) is 0. The molecule has 4 nitrogen and oxygen atoms in total. The van der Waals surface area contributed by atoms with Gasteiger partial charge in [-0.05, 0) is 48.6 Å². The summed E-state index contributed by atoms with van der Waals surface area (Å²) in [5.41, 5.74) is 4.18. The van der Waals surface area contributed by atoms with E-state index in [0.717, 1.165) is 22.2 Å². The standard InChI is InChI=1S/C20H16ClIN4/c1-12(2)26-20-16(18(25-26)14-8-10-15(22)11-9-14)17(21)19(23-24-20)13-6-4-3-5-7-13/h3-12H,1-2H3. The molecule has 0 saturated carbocycles. The molecule has 0 fully saturated rings. The predicted octanol–water partition coefficient (Wildman–Crippen LogP) is 6.00. The molecule has 0 unspecified atom stereocenters. The summed E-state index contributed by atoms with van der Waals surface area (Å²) >= 11 is 9.12. The fourth-order valence-corrected chi connectivity index (χ4v) is 3.61. The zero-order valence-corrected chi connectivity index (χ0v) is 17.2. The van der Waals surface area contributed by atoms with Crippen LogP contribution in [0.25, 0.3) is 33.5 Å². The molecular weight excluding hydrogens is 459 g/mol. The Bertz CT molecular complexity index is 1070. The summed E-state index contributed by atoms with van der Waals surface area (Å²) in [6, 6.07) is 18.3. The van der Waals surface area contributed by atoms with Gasteiger partial charge in [-0.2, -0.15) is 5.10 Å². The molecule has 0 aliphatic heterocycles. The van der Waals surface area contributed by atoms with E-state index in [1.54, 1.807) is 0 Å². The third kappa shape index (κ3) is 2.99. The summed E-state index contributed by atoms with van der Waals surface area (Å²) in [7, 11) is 0. The van der Waals surface area contributed by atoms with E-state index in [2.05, 4.69) is 70.9 Å². The molecule has 0 amide bonds. The minimum atomic E-state index is 0.156. The molecule has 4 rings (SSSR count). The largest absolute Gasteiger partial charge is 0.243 e. The normalized spacial score (nSPS) is 11.4. The van der Waals surface area contributed by atoms with Crippen molar-refractivity contribution in [1.82, 2.24) is 20.0 Å². The molecule has 0 aliphatic carbocycles. The Morgan fingerprint density at radius 1 is 0.885 bits per heavy atom. The van der Waals surface area contributed by atoms with Crippen molar-refractivity contribution >= 4 is 45.2 Å². The Morgan fingerprint density at radius 2 is 1.54 bits per heavy atom. The number of fused-ring (bicyclic) bond motifs is 1. The van der Waals surface area contributed by atoms with Crippen molar-refractivity contribution < 1.29 is 0 Å². The maximum atomic E-state index is 6.82. The highest BCUT2D eigenvalue weighted by molar-refractivity contribution is 14.1. The molecule has 0 spiro atoms. The van der Waals surface area contributed by atoms with Crippen LogP contribution < -0.4 is 0 Å². The molecule has 0 bridgehead atoms. The Balaban J connectivity index is 2.03. The maximum absolute atomic E-state index is 6.82. The molecule has 0 atom stereocenters. The summed E-state index contributed by atoms with van der Waals surface area (Å²) in [6.07, 6.45) is 0. The van der Waals surface area contributed by atoms with Crippen LogP contribution in [-0.2, 0) is 0 Å². The minimum Gasteiger partial charge on any atom is -0.243 e. The lowest BCUT2D eigenvalue weighted by Gasteiger charge is -2.07. The molecule has 0 radical (unpaired) electrons. The lowest BCUT2D eigenvalue weighted by Crippen LogP contribution is -2.04. The first-order valence-corrected chi connectivity index (χ1v) is 9.77. The molecule has 6 heteroatoms. The number of benzene rings is 2. The van der Waals surface area contributed by atoms with Crippen LogP contribution in [0.5, 0.6) is 0 Å². The van der Waals surface area contributed by atoms with Crippen LogP contribution in [0.3, 0.4) is 0 Å². The fourth-order valence-electron chi connectivity index (χ4n) is 2.93. The van der Waals surface area contributed by atoms with Crippen LogP contribution in [0.2, 0.25) is 5.02 Å². The smallest absolute Gasteiger partial charge is 0.182 e. The van der Waals surface area contributed by atoms with Crippen molar-refractivity contribution in [1.29, 1.82) is 0 Å². The minimum absolute atomic E-state index is 0.156. The van der Waals surface area contributed by atoms with Gasteiger partial charge in [0.1, 0.15) is 11.4 Å². The zero-order chi connectivity index (χ0) is 18.3. The third-order valence-corrected chi connectivity index (χ3v) is 5.30. The van der Waals surface area contributed by atoms with Gasteiger partial charge < -0.3 is 0 Å². The van der Waals surface area contributed by atoms with Crippen molar-refractivity contribution in [3.63, 3.8) is 0 Å². The van der Waals surface area contributed by atoms with Crippen LogP contribution in [0.1, 0.15) is 19.9 Å². The highest BCUT2D eigenvalue weighted by Gasteiger charge is 2.21. The van der Waals surface area contributed by atoms with E-state index < -0.39 is 0 Å². The van der Waals surface area contributed by atoms with Gasteiger partial charge in [-0.25, -0.2) is 4.68 Å². The number of halogens is 2. The summed E-state index contributed by atoms with van der Waals surface area (Å²) < 4.78 is 3.06. The van der Waals surface area contributed by atoms with Crippen molar-refractivity contribution in [2.24, 2.45) is 0 Å². The highest BCUT2D eigenvalue weighted by Crippen LogP contribution is 2.38. The van der Waals surface area contributed by atoms with Gasteiger partial charge in [0.15, 0.2) is 5.65 Å². The molecule has 0 aliphatic rings. The number of hydrogen-bond acceptors (Lipinski definition) is 3. The van der Waals surface area contributed by atoms with E-state index >= 15 is 0 Å². The molecule has 2 aromatic carbocycles. The lowest BCUT2D eigenvalue weighted by atomic mass is 10.1. The Hall–Kier alpha value is -1.99. The quantitative estimate of drug-likeness (QED) is 0.342. The van der Waals surface area contributed by atoms with Crippen molar-refractivity contribution in [3.05, 3.63) is 63.2 Å². The van der Waals surface area contributed by atoms with Crippen molar-refractivity contribution in [2.45, 2.75) is 19.9 Å². The lowest BCUT2D eigenvalue weighted by molar-refractivity contribution is 0.546. The van der Waals surface area contributed by atoms with Gasteiger partial charge >= 0.3 is 0 Å². The van der Waals surface area contributed by atoms with Crippen molar-refractivity contribution in [2.75, 3.05) is 0 Å². The fraction of sp³-hybridized carbons (Fsp3) is 0.150. The van der Waals surface area contributed by atoms with Crippen LogP contribution in [0.4, 0.5) is 0 Å². The zero-order valence-electron chi connectivity index (χ0n) is 14.3. The number of nitrogens with zero attached hydrogens (tertiary/aromatic N) is 4. The van der Waals surface area contributed by atoms with Gasteiger partial charge in [0.2, 0.25) is 0 Å². The Kier molecular flexibility index (Phi) is 4.67. The summed E-state index contributed by atoms with van der Waals surface area (Å²) in [5, 5.41) is 15.1. The van der Waals surface area contributed by atoms with Gasteiger partial charge in [0.05, 0.1) is 10.4 Å². The maximum Gasteiger partial charge on any atom is 0.182 e. The molecule has 2 aromatic heterocycles. The number of rotatable bonds is 3. The van der Waals surface area contributed by atoms with Crippen LogP contribution >= 0.6 is 34.2 Å². The number of aromatic nitrogens is 4. The highest BCUT2D eigenvalue weighted by atomic mass is 127. The van der Waals surface area contributed by atoms with Gasteiger partial charge in [0, 0.05) is 20.7 Å². The molecule has 4 aromatic rings. The monoisotopic (exact) mass is 474 g/mol. The van der Waals surface area contributed by atoms with Crippen LogP contribution in [0, 0.1) is 3.57 Å². The summed E-state index contributed by atoms with van der Waals surface area (Å²) in [6.45, 7) is 4.15. The molecule has 0 saturated heterocycles. The second-order valence-electron chi connectivity index (χ2n) is 6.32. The van der Waals surface area contributed by atoms with E-state index in [1.807, 2.05) is 35.0 Å². The van der Waals surface area contributed by atoms with E-state index in [0.29, 0.717) is 16.4 Å². The number of hydrogen-bond donors (Lipinski definition) is 0. The van der Waals surface area contributed by atoms with Crippen LogP contribution in [-0.4, -0.2) is 20.0 Å². The SMILES string of the molecule is CC(C)n1nc(-c2ccc(I)cc2)c2c(Cl)c(-c3ccccc3)nnc21.